The maximum Gasteiger partial charge on any atom is 0.163 e. The molecule has 0 bridgehead atoms. The fraction of sp³-hybridized carbons (Fsp3) is 0.409. The average Bonchev–Trinajstić information content (AvgIpc) is 3.52. The van der Waals surface area contributed by atoms with Crippen molar-refractivity contribution in [1.82, 2.24) is 19.9 Å². The minimum absolute atomic E-state index is 0.578. The Morgan fingerprint density at radius 2 is 2.03 bits per heavy atom. The second-order valence-electron chi connectivity index (χ2n) is 8.03. The van der Waals surface area contributed by atoms with E-state index in [-0.39, 0.29) is 0 Å². The molecule has 7 heteroatoms. The van der Waals surface area contributed by atoms with Crippen LogP contribution in [0, 0.1) is 17.2 Å². The topological polar surface area (TPSA) is 90.1 Å². The lowest BCUT2D eigenvalue weighted by atomic mass is 9.98. The summed E-state index contributed by atoms with van der Waals surface area (Å²) in [6, 6.07) is 11.7. The molecule has 7 nitrogen and oxygen atoms in total. The predicted octanol–water partition coefficient (Wildman–Crippen LogP) is 3.63. The van der Waals surface area contributed by atoms with Crippen LogP contribution in [0.4, 0.5) is 17.3 Å². The Kier molecular flexibility index (Phi) is 4.78. The predicted molar refractivity (Wildman–Crippen MR) is 113 cm³/mol. The van der Waals surface area contributed by atoms with Crippen LogP contribution in [-0.2, 0) is 0 Å². The number of anilines is 3. The van der Waals surface area contributed by atoms with Crippen molar-refractivity contribution in [2.75, 3.05) is 30.3 Å². The molecular weight excluding hydrogens is 362 g/mol. The van der Waals surface area contributed by atoms with Crippen LogP contribution < -0.4 is 16.0 Å². The third-order valence-corrected chi connectivity index (χ3v) is 5.81. The van der Waals surface area contributed by atoms with Crippen LogP contribution in [0.15, 0.2) is 36.5 Å². The number of benzene rings is 1. The fourth-order valence-electron chi connectivity index (χ4n) is 3.99. The summed E-state index contributed by atoms with van der Waals surface area (Å²) in [7, 11) is 0. The third-order valence-electron chi connectivity index (χ3n) is 5.81. The summed E-state index contributed by atoms with van der Waals surface area (Å²) in [5.74, 6) is 2.97. The number of rotatable bonds is 6. The zero-order chi connectivity index (χ0) is 19.6. The number of aromatic nitrogens is 3. The van der Waals surface area contributed by atoms with E-state index in [0.29, 0.717) is 17.4 Å². The first-order valence-electron chi connectivity index (χ1n) is 10.4. The number of nitriles is 1. The standard InChI is InChI=1S/C22H25N7/c23-12-16-2-1-3-18(10-16)27-21-11-20(25-13-15-6-8-24-9-7-15)28-22-19(17-4-5-17)14-26-29(21)22/h1-3,10-11,14-15,17,24,27H,4-9,13H2,(H,25,28). The number of hydrogen-bond donors (Lipinski definition) is 3. The molecule has 3 heterocycles. The van der Waals surface area contributed by atoms with Gasteiger partial charge in [-0.25, -0.2) is 4.98 Å². The lowest BCUT2D eigenvalue weighted by molar-refractivity contribution is 0.389. The van der Waals surface area contributed by atoms with Crippen molar-refractivity contribution in [1.29, 1.82) is 5.26 Å². The highest BCUT2D eigenvalue weighted by Crippen LogP contribution is 2.42. The van der Waals surface area contributed by atoms with Gasteiger partial charge in [-0.3, -0.25) is 0 Å². The number of nitrogens with zero attached hydrogens (tertiary/aromatic N) is 4. The van der Waals surface area contributed by atoms with Crippen LogP contribution >= 0.6 is 0 Å². The first-order chi connectivity index (χ1) is 14.3. The van der Waals surface area contributed by atoms with Gasteiger partial charge < -0.3 is 16.0 Å². The highest BCUT2D eigenvalue weighted by molar-refractivity contribution is 5.67. The Balaban J connectivity index is 1.46. The summed E-state index contributed by atoms with van der Waals surface area (Å²) in [4.78, 5) is 4.90. The first kappa shape index (κ1) is 18.0. The Bertz CT molecular complexity index is 1050. The Hall–Kier alpha value is -3.11. The maximum atomic E-state index is 9.19. The summed E-state index contributed by atoms with van der Waals surface area (Å²) in [5, 5.41) is 24.2. The molecule has 1 saturated heterocycles. The summed E-state index contributed by atoms with van der Waals surface area (Å²) in [6.07, 6.45) is 6.77. The number of piperidine rings is 1. The summed E-state index contributed by atoms with van der Waals surface area (Å²) >= 11 is 0. The van der Waals surface area contributed by atoms with Crippen LogP contribution in [0.2, 0.25) is 0 Å². The molecule has 0 amide bonds. The molecule has 1 aromatic carbocycles. The summed E-state index contributed by atoms with van der Waals surface area (Å²) in [6.45, 7) is 3.12. The first-order valence-corrected chi connectivity index (χ1v) is 10.4. The molecule has 5 rings (SSSR count). The zero-order valence-corrected chi connectivity index (χ0v) is 16.4. The van der Waals surface area contributed by atoms with Crippen molar-refractivity contribution in [2.45, 2.75) is 31.6 Å². The van der Waals surface area contributed by atoms with Crippen molar-refractivity contribution in [3.05, 3.63) is 47.7 Å². The summed E-state index contributed by atoms with van der Waals surface area (Å²) < 4.78 is 1.88. The van der Waals surface area contributed by atoms with Crippen molar-refractivity contribution in [3.8, 4) is 6.07 Å². The molecular formula is C22H25N7. The van der Waals surface area contributed by atoms with Gasteiger partial charge in [-0.2, -0.15) is 14.9 Å². The molecule has 0 spiro atoms. The van der Waals surface area contributed by atoms with Crippen LogP contribution in [0.1, 0.15) is 42.7 Å². The van der Waals surface area contributed by atoms with Gasteiger partial charge in [0.25, 0.3) is 0 Å². The number of fused-ring (bicyclic) bond motifs is 1. The highest BCUT2D eigenvalue weighted by atomic mass is 15.3. The van der Waals surface area contributed by atoms with E-state index in [0.717, 1.165) is 42.6 Å². The Morgan fingerprint density at radius 1 is 1.17 bits per heavy atom. The van der Waals surface area contributed by atoms with Crippen molar-refractivity contribution in [2.24, 2.45) is 5.92 Å². The van der Waals surface area contributed by atoms with Gasteiger partial charge in [-0.05, 0) is 68.8 Å². The zero-order valence-electron chi connectivity index (χ0n) is 16.4. The molecule has 1 aliphatic carbocycles. The second kappa shape index (κ2) is 7.72. The molecule has 29 heavy (non-hydrogen) atoms. The second-order valence-corrected chi connectivity index (χ2v) is 8.03. The fourth-order valence-corrected chi connectivity index (χ4v) is 3.99. The van der Waals surface area contributed by atoms with Gasteiger partial charge in [0.05, 0.1) is 17.8 Å². The molecule has 2 aromatic heterocycles. The molecule has 1 aliphatic heterocycles. The van der Waals surface area contributed by atoms with Crippen molar-refractivity contribution in [3.63, 3.8) is 0 Å². The van der Waals surface area contributed by atoms with Crippen LogP contribution in [0.25, 0.3) is 5.65 Å². The van der Waals surface area contributed by atoms with E-state index in [4.69, 9.17) is 4.98 Å². The molecule has 3 aromatic rings. The van der Waals surface area contributed by atoms with Gasteiger partial charge in [0.15, 0.2) is 5.65 Å². The van der Waals surface area contributed by atoms with E-state index in [2.05, 4.69) is 27.1 Å². The number of nitrogens with one attached hydrogen (secondary N) is 3. The van der Waals surface area contributed by atoms with Crippen molar-refractivity contribution >= 4 is 23.0 Å². The third kappa shape index (κ3) is 3.89. The average molecular weight is 387 g/mol. The molecule has 0 atom stereocenters. The van der Waals surface area contributed by atoms with Gasteiger partial charge in [0.1, 0.15) is 11.6 Å². The molecule has 0 radical (unpaired) electrons. The molecule has 0 unspecified atom stereocenters. The quantitative estimate of drug-likeness (QED) is 0.598. The van der Waals surface area contributed by atoms with E-state index in [1.807, 2.05) is 35.0 Å². The normalized spacial score (nSPS) is 17.2. The van der Waals surface area contributed by atoms with E-state index in [1.54, 1.807) is 6.07 Å². The van der Waals surface area contributed by atoms with E-state index in [9.17, 15) is 5.26 Å². The Morgan fingerprint density at radius 3 is 2.83 bits per heavy atom. The molecule has 2 fully saturated rings. The van der Waals surface area contributed by atoms with Crippen molar-refractivity contribution < 1.29 is 0 Å². The smallest absolute Gasteiger partial charge is 0.163 e. The van der Waals surface area contributed by atoms with Gasteiger partial charge >= 0.3 is 0 Å². The van der Waals surface area contributed by atoms with Gasteiger partial charge in [0, 0.05) is 23.9 Å². The molecule has 1 saturated carbocycles. The number of hydrogen-bond acceptors (Lipinski definition) is 6. The van der Waals surface area contributed by atoms with Gasteiger partial charge in [0.2, 0.25) is 0 Å². The van der Waals surface area contributed by atoms with E-state index in [1.165, 1.54) is 31.2 Å². The van der Waals surface area contributed by atoms with Gasteiger partial charge in [-0.15, -0.1) is 0 Å². The van der Waals surface area contributed by atoms with E-state index >= 15 is 0 Å². The maximum absolute atomic E-state index is 9.19. The summed E-state index contributed by atoms with van der Waals surface area (Å²) in [5.41, 5.74) is 3.64. The lowest BCUT2D eigenvalue weighted by Crippen LogP contribution is -2.31. The van der Waals surface area contributed by atoms with Crippen LogP contribution in [0.3, 0.4) is 0 Å². The molecule has 148 valence electrons. The van der Waals surface area contributed by atoms with E-state index < -0.39 is 0 Å². The highest BCUT2D eigenvalue weighted by Gasteiger charge is 2.28. The van der Waals surface area contributed by atoms with Gasteiger partial charge in [-0.1, -0.05) is 6.07 Å². The molecule has 3 N–H and O–H groups in total. The SMILES string of the molecule is N#Cc1cccc(Nc2cc(NCC3CCNCC3)nc3c(C4CC4)cnn23)c1. The Labute approximate surface area is 170 Å². The largest absolute Gasteiger partial charge is 0.370 e. The van der Waals surface area contributed by atoms with Crippen LogP contribution in [-0.4, -0.2) is 34.2 Å². The minimum atomic E-state index is 0.578. The van der Waals surface area contributed by atoms with Crippen LogP contribution in [0.5, 0.6) is 0 Å². The monoisotopic (exact) mass is 387 g/mol. The lowest BCUT2D eigenvalue weighted by Gasteiger charge is -2.23. The minimum Gasteiger partial charge on any atom is -0.370 e. The molecule has 2 aliphatic rings.